The van der Waals surface area contributed by atoms with Gasteiger partial charge in [-0.25, -0.2) is 0 Å². The third-order valence-corrected chi connectivity index (χ3v) is 4.42. The minimum atomic E-state index is -0.370. The number of amides is 2. The molecule has 2 rings (SSSR count). The molecule has 2 aromatic rings. The molecule has 6 nitrogen and oxygen atoms in total. The summed E-state index contributed by atoms with van der Waals surface area (Å²) in [4.78, 5) is 26.2. The third kappa shape index (κ3) is 5.77. The van der Waals surface area contributed by atoms with E-state index in [-0.39, 0.29) is 23.0 Å². The lowest BCUT2D eigenvalue weighted by Crippen LogP contribution is -2.35. The van der Waals surface area contributed by atoms with E-state index in [4.69, 9.17) is 17.0 Å². The highest BCUT2D eigenvalue weighted by molar-refractivity contribution is 9.10. The largest absolute Gasteiger partial charge is 0.490 e. The van der Waals surface area contributed by atoms with Gasteiger partial charge >= 0.3 is 0 Å². The van der Waals surface area contributed by atoms with E-state index in [1.54, 1.807) is 56.6 Å². The quantitative estimate of drug-likeness (QED) is 0.654. The highest BCUT2D eigenvalue weighted by atomic mass is 79.9. The number of anilines is 1. The average molecular weight is 464 g/mol. The number of benzene rings is 2. The van der Waals surface area contributed by atoms with Gasteiger partial charge in [-0.2, -0.15) is 0 Å². The molecule has 0 saturated carbocycles. The molecule has 0 aliphatic carbocycles. The fraction of sp³-hybridized carbons (Fsp3) is 0.250. The number of ether oxygens (including phenoxy) is 1. The van der Waals surface area contributed by atoms with Crippen LogP contribution < -0.4 is 15.4 Å². The summed E-state index contributed by atoms with van der Waals surface area (Å²) < 4.78 is 6.32. The predicted molar refractivity (Wildman–Crippen MR) is 118 cm³/mol. The Morgan fingerprint density at radius 3 is 2.43 bits per heavy atom. The molecule has 2 aromatic carbocycles. The van der Waals surface area contributed by atoms with Gasteiger partial charge in [0.05, 0.1) is 21.8 Å². The van der Waals surface area contributed by atoms with E-state index in [0.29, 0.717) is 27.0 Å². The standard InChI is InChI=1S/C20H22BrN3O3S/c1-12(2)27-17-10-9-13(11-15(17)21)18(25)23-20(28)22-16-8-6-5-7-14(16)19(26)24(3)4/h5-12H,1-4H3,(H2,22,23,25,28). The van der Waals surface area contributed by atoms with Crippen molar-refractivity contribution in [2.75, 3.05) is 19.4 Å². The van der Waals surface area contributed by atoms with Crippen LogP contribution in [0.15, 0.2) is 46.9 Å². The molecule has 0 fully saturated rings. The Labute approximate surface area is 178 Å². The maximum Gasteiger partial charge on any atom is 0.257 e. The molecule has 0 radical (unpaired) electrons. The van der Waals surface area contributed by atoms with Crippen LogP contribution in [0.2, 0.25) is 0 Å². The maximum absolute atomic E-state index is 12.5. The van der Waals surface area contributed by atoms with Crippen LogP contribution >= 0.6 is 28.1 Å². The number of thiocarbonyl (C=S) groups is 1. The molecule has 0 heterocycles. The van der Waals surface area contributed by atoms with Crippen molar-refractivity contribution in [2.45, 2.75) is 20.0 Å². The molecule has 148 valence electrons. The Balaban J connectivity index is 2.09. The second-order valence-corrected chi connectivity index (χ2v) is 7.73. The van der Waals surface area contributed by atoms with E-state index >= 15 is 0 Å². The van der Waals surface area contributed by atoms with Gasteiger partial charge < -0.3 is 15.0 Å². The molecule has 0 bridgehead atoms. The molecule has 0 spiro atoms. The van der Waals surface area contributed by atoms with Gasteiger partial charge in [0.15, 0.2) is 5.11 Å². The normalized spacial score (nSPS) is 10.4. The number of carbonyl (C=O) groups excluding carboxylic acids is 2. The van der Waals surface area contributed by atoms with Gasteiger partial charge in [0.1, 0.15) is 5.75 Å². The minimum absolute atomic E-state index is 0.0256. The summed E-state index contributed by atoms with van der Waals surface area (Å²) >= 11 is 8.64. The minimum Gasteiger partial charge on any atom is -0.490 e. The fourth-order valence-electron chi connectivity index (χ4n) is 2.34. The van der Waals surface area contributed by atoms with E-state index < -0.39 is 0 Å². The highest BCUT2D eigenvalue weighted by Gasteiger charge is 2.15. The molecule has 0 aliphatic heterocycles. The van der Waals surface area contributed by atoms with Gasteiger partial charge in [-0.05, 0) is 72.3 Å². The Morgan fingerprint density at radius 1 is 1.14 bits per heavy atom. The number of rotatable bonds is 5. The molecule has 0 atom stereocenters. The van der Waals surface area contributed by atoms with Crippen LogP contribution in [0.3, 0.4) is 0 Å². The summed E-state index contributed by atoms with van der Waals surface area (Å²) in [5, 5.41) is 5.64. The Kier molecular flexibility index (Phi) is 7.53. The maximum atomic E-state index is 12.5. The van der Waals surface area contributed by atoms with Crippen LogP contribution in [0.4, 0.5) is 5.69 Å². The van der Waals surface area contributed by atoms with Gasteiger partial charge in [-0.3, -0.25) is 14.9 Å². The topological polar surface area (TPSA) is 70.7 Å². The zero-order valence-corrected chi connectivity index (χ0v) is 18.5. The summed E-state index contributed by atoms with van der Waals surface area (Å²) in [6, 6.07) is 12.0. The monoisotopic (exact) mass is 463 g/mol. The molecule has 2 N–H and O–H groups in total. The molecule has 28 heavy (non-hydrogen) atoms. The first kappa shape index (κ1) is 21.8. The van der Waals surface area contributed by atoms with Gasteiger partial charge in [-0.1, -0.05) is 12.1 Å². The molecule has 2 amide bonds. The van der Waals surface area contributed by atoms with Gasteiger partial charge in [0, 0.05) is 19.7 Å². The first-order valence-corrected chi connectivity index (χ1v) is 9.78. The second-order valence-electron chi connectivity index (χ2n) is 6.47. The van der Waals surface area contributed by atoms with Crippen LogP contribution in [0.1, 0.15) is 34.6 Å². The van der Waals surface area contributed by atoms with E-state index in [0.717, 1.165) is 0 Å². The van der Waals surface area contributed by atoms with Crippen molar-refractivity contribution in [3.05, 3.63) is 58.1 Å². The Bertz CT molecular complexity index is 900. The number of carbonyl (C=O) groups is 2. The highest BCUT2D eigenvalue weighted by Crippen LogP contribution is 2.27. The van der Waals surface area contributed by atoms with E-state index in [1.165, 1.54) is 4.90 Å². The molecule has 8 heteroatoms. The van der Waals surface area contributed by atoms with Crippen LogP contribution in [0, 0.1) is 0 Å². The zero-order chi connectivity index (χ0) is 20.8. The Morgan fingerprint density at radius 2 is 1.82 bits per heavy atom. The zero-order valence-electron chi connectivity index (χ0n) is 16.1. The summed E-state index contributed by atoms with van der Waals surface area (Å²) in [5.41, 5.74) is 1.40. The van der Waals surface area contributed by atoms with Crippen molar-refractivity contribution >= 4 is 50.8 Å². The van der Waals surface area contributed by atoms with E-state index in [1.807, 2.05) is 13.8 Å². The first-order chi connectivity index (χ1) is 13.2. The fourth-order valence-corrected chi connectivity index (χ4v) is 3.01. The van der Waals surface area contributed by atoms with Crippen molar-refractivity contribution in [2.24, 2.45) is 0 Å². The average Bonchev–Trinajstić information content (AvgIpc) is 2.62. The molecular formula is C20H22BrN3O3S. The van der Waals surface area contributed by atoms with Crippen molar-refractivity contribution in [3.63, 3.8) is 0 Å². The van der Waals surface area contributed by atoms with Crippen molar-refractivity contribution < 1.29 is 14.3 Å². The van der Waals surface area contributed by atoms with Crippen LogP contribution in [-0.2, 0) is 0 Å². The van der Waals surface area contributed by atoms with Crippen LogP contribution in [0.5, 0.6) is 5.75 Å². The lowest BCUT2D eigenvalue weighted by atomic mass is 10.1. The number of halogens is 1. The van der Waals surface area contributed by atoms with Crippen molar-refractivity contribution in [1.82, 2.24) is 10.2 Å². The first-order valence-electron chi connectivity index (χ1n) is 8.58. The summed E-state index contributed by atoms with van der Waals surface area (Å²) in [6.07, 6.45) is 0.0256. The number of para-hydroxylation sites is 1. The lowest BCUT2D eigenvalue weighted by molar-refractivity contribution is 0.0828. The second kappa shape index (κ2) is 9.66. The van der Waals surface area contributed by atoms with E-state index in [9.17, 15) is 9.59 Å². The van der Waals surface area contributed by atoms with Crippen molar-refractivity contribution in [1.29, 1.82) is 0 Å². The molecule has 0 aromatic heterocycles. The summed E-state index contributed by atoms with van der Waals surface area (Å²) in [7, 11) is 3.34. The summed E-state index contributed by atoms with van der Waals surface area (Å²) in [6.45, 7) is 3.85. The van der Waals surface area contributed by atoms with Gasteiger partial charge in [-0.15, -0.1) is 0 Å². The van der Waals surface area contributed by atoms with Gasteiger partial charge in [0.25, 0.3) is 11.8 Å². The Hall–Kier alpha value is -2.45. The SMILES string of the molecule is CC(C)Oc1ccc(C(=O)NC(=S)Nc2ccccc2C(=O)N(C)C)cc1Br. The number of hydrogen-bond donors (Lipinski definition) is 2. The lowest BCUT2D eigenvalue weighted by Gasteiger charge is -2.16. The molecular weight excluding hydrogens is 442 g/mol. The number of nitrogens with zero attached hydrogens (tertiary/aromatic N) is 1. The molecule has 0 aliphatic rings. The number of hydrogen-bond acceptors (Lipinski definition) is 4. The molecule has 0 unspecified atom stereocenters. The number of nitrogens with one attached hydrogen (secondary N) is 2. The summed E-state index contributed by atoms with van der Waals surface area (Å²) in [5.74, 6) is 0.121. The smallest absolute Gasteiger partial charge is 0.257 e. The van der Waals surface area contributed by atoms with Gasteiger partial charge in [0.2, 0.25) is 0 Å². The van der Waals surface area contributed by atoms with Crippen LogP contribution in [0.25, 0.3) is 0 Å². The van der Waals surface area contributed by atoms with Crippen LogP contribution in [-0.4, -0.2) is 42.0 Å². The predicted octanol–water partition coefficient (Wildman–Crippen LogP) is 4.06. The van der Waals surface area contributed by atoms with Crippen molar-refractivity contribution in [3.8, 4) is 5.75 Å². The third-order valence-electron chi connectivity index (χ3n) is 3.60. The molecule has 0 saturated heterocycles. The van der Waals surface area contributed by atoms with E-state index in [2.05, 4.69) is 26.6 Å².